The van der Waals surface area contributed by atoms with E-state index >= 15 is 0 Å². The van der Waals surface area contributed by atoms with E-state index in [9.17, 15) is 4.79 Å². The monoisotopic (exact) mass is 245 g/mol. The molecule has 0 heterocycles. The van der Waals surface area contributed by atoms with Crippen molar-refractivity contribution in [3.05, 3.63) is 33.8 Å². The van der Waals surface area contributed by atoms with E-state index in [4.69, 9.17) is 28.5 Å². The molecule has 1 aromatic rings. The maximum absolute atomic E-state index is 11.4. The molecule has 72 valence electrons. The lowest BCUT2D eigenvalue weighted by molar-refractivity contribution is 0.108. The van der Waals surface area contributed by atoms with Gasteiger partial charge in [0.2, 0.25) is 5.12 Å². The van der Waals surface area contributed by atoms with Gasteiger partial charge in [-0.1, -0.05) is 35.0 Å². The Labute approximate surface area is 95.8 Å². The lowest BCUT2D eigenvalue weighted by atomic mass is 10.2. The molecule has 5 heteroatoms. The number of carbonyl (C=O) groups is 1. The van der Waals surface area contributed by atoms with Crippen LogP contribution < -0.4 is 0 Å². The molecule has 2 nitrogen and oxygen atoms in total. The highest BCUT2D eigenvalue weighted by Gasteiger charge is 2.10. The van der Waals surface area contributed by atoms with Crippen molar-refractivity contribution in [3.63, 3.8) is 0 Å². The van der Waals surface area contributed by atoms with E-state index < -0.39 is 0 Å². The van der Waals surface area contributed by atoms with Crippen molar-refractivity contribution in [1.29, 1.82) is 5.26 Å². The van der Waals surface area contributed by atoms with E-state index in [1.165, 1.54) is 6.07 Å². The number of nitrogens with zero attached hydrogens (tertiary/aromatic N) is 1. The Hall–Kier alpha value is -0.690. The number of benzene rings is 1. The summed E-state index contributed by atoms with van der Waals surface area (Å²) in [5.41, 5.74) is 0.385. The third-order valence-electron chi connectivity index (χ3n) is 1.42. The van der Waals surface area contributed by atoms with E-state index in [0.717, 1.165) is 11.8 Å². The topological polar surface area (TPSA) is 40.9 Å². The highest BCUT2D eigenvalue weighted by Crippen LogP contribution is 2.24. The third-order valence-corrected chi connectivity index (χ3v) is 2.72. The van der Waals surface area contributed by atoms with Crippen LogP contribution in [0.1, 0.15) is 10.4 Å². The maximum atomic E-state index is 11.4. The molecule has 0 atom stereocenters. The zero-order valence-corrected chi connectivity index (χ0v) is 9.29. The largest absolute Gasteiger partial charge is 0.281 e. The van der Waals surface area contributed by atoms with E-state index in [1.54, 1.807) is 12.1 Å². The van der Waals surface area contributed by atoms with Gasteiger partial charge in [-0.3, -0.25) is 4.79 Å². The quantitative estimate of drug-likeness (QED) is 0.802. The van der Waals surface area contributed by atoms with Crippen molar-refractivity contribution in [2.24, 2.45) is 0 Å². The summed E-state index contributed by atoms with van der Waals surface area (Å²) < 4.78 is 0. The SMILES string of the molecule is N#CCSC(=O)c1ccc(Cl)cc1Cl. The second kappa shape index (κ2) is 5.26. The van der Waals surface area contributed by atoms with Crippen LogP contribution in [0.2, 0.25) is 10.0 Å². The zero-order chi connectivity index (χ0) is 10.6. The number of thioether (sulfide) groups is 1. The van der Waals surface area contributed by atoms with Gasteiger partial charge >= 0.3 is 0 Å². The molecule has 0 bridgehead atoms. The summed E-state index contributed by atoms with van der Waals surface area (Å²) in [5, 5.41) is 8.88. The molecule has 0 amide bonds. The minimum absolute atomic E-state index is 0.123. The average molecular weight is 246 g/mol. The van der Waals surface area contributed by atoms with Crippen molar-refractivity contribution in [2.75, 3.05) is 5.75 Å². The Bertz CT molecular complexity index is 400. The molecule has 0 spiro atoms. The molecule has 0 aliphatic heterocycles. The summed E-state index contributed by atoms with van der Waals surface area (Å²) in [6.07, 6.45) is 0. The van der Waals surface area contributed by atoms with Gasteiger partial charge in [-0.05, 0) is 18.2 Å². The molecule has 0 N–H and O–H groups in total. The summed E-state index contributed by atoms with van der Waals surface area (Å²) in [6, 6.07) is 6.52. The first-order valence-corrected chi connectivity index (χ1v) is 5.38. The zero-order valence-electron chi connectivity index (χ0n) is 6.96. The predicted molar refractivity (Wildman–Crippen MR) is 58.9 cm³/mol. The number of hydrogen-bond acceptors (Lipinski definition) is 3. The lowest BCUT2D eigenvalue weighted by Crippen LogP contribution is -1.95. The molecule has 0 aromatic heterocycles. The van der Waals surface area contributed by atoms with Crippen molar-refractivity contribution in [1.82, 2.24) is 0 Å². The van der Waals surface area contributed by atoms with Crippen LogP contribution in [0.15, 0.2) is 18.2 Å². The van der Waals surface area contributed by atoms with Gasteiger partial charge in [0.15, 0.2) is 0 Å². The molecule has 0 saturated heterocycles. The lowest BCUT2D eigenvalue weighted by Gasteiger charge is -2.00. The summed E-state index contributed by atoms with van der Waals surface area (Å²) in [4.78, 5) is 11.4. The van der Waals surface area contributed by atoms with Crippen molar-refractivity contribution in [3.8, 4) is 6.07 Å². The first-order chi connectivity index (χ1) is 6.65. The fraction of sp³-hybridized carbons (Fsp3) is 0.111. The first-order valence-electron chi connectivity index (χ1n) is 3.64. The van der Waals surface area contributed by atoms with E-state index in [0.29, 0.717) is 15.6 Å². The number of hydrogen-bond donors (Lipinski definition) is 0. The summed E-state index contributed by atoms with van der Waals surface area (Å²) in [5.74, 6) is 0.123. The van der Waals surface area contributed by atoms with Crippen LogP contribution in [-0.4, -0.2) is 10.9 Å². The molecule has 0 saturated carbocycles. The molecule has 0 radical (unpaired) electrons. The molecular weight excluding hydrogens is 241 g/mol. The van der Waals surface area contributed by atoms with Crippen molar-refractivity contribution >= 4 is 40.1 Å². The van der Waals surface area contributed by atoms with Gasteiger partial charge in [0.25, 0.3) is 0 Å². The molecule has 0 aliphatic rings. The van der Waals surface area contributed by atoms with Gasteiger partial charge in [-0.2, -0.15) is 5.26 Å². The Kier molecular flexibility index (Phi) is 4.27. The summed E-state index contributed by atoms with van der Waals surface area (Å²) >= 11 is 12.4. The van der Waals surface area contributed by atoms with Crippen molar-refractivity contribution < 1.29 is 4.79 Å². The molecule has 0 aliphatic carbocycles. The average Bonchev–Trinajstić information content (AvgIpc) is 2.14. The number of rotatable bonds is 2. The fourth-order valence-electron chi connectivity index (χ4n) is 0.831. The Morgan fingerprint density at radius 3 is 2.79 bits per heavy atom. The number of halogens is 2. The van der Waals surface area contributed by atoms with Crippen LogP contribution >= 0.6 is 35.0 Å². The molecule has 1 rings (SSSR count). The second-order valence-electron chi connectivity index (χ2n) is 2.36. The number of carbonyl (C=O) groups excluding carboxylic acids is 1. The Morgan fingerprint density at radius 2 is 2.21 bits per heavy atom. The van der Waals surface area contributed by atoms with Gasteiger partial charge in [-0.15, -0.1) is 0 Å². The van der Waals surface area contributed by atoms with Crippen LogP contribution in [0, 0.1) is 11.3 Å². The minimum atomic E-state index is -0.215. The van der Waals surface area contributed by atoms with Crippen molar-refractivity contribution in [2.45, 2.75) is 0 Å². The Balaban J connectivity index is 2.86. The number of nitriles is 1. The van der Waals surface area contributed by atoms with Crippen LogP contribution in [0.3, 0.4) is 0 Å². The summed E-state index contributed by atoms with van der Waals surface area (Å²) in [7, 11) is 0. The van der Waals surface area contributed by atoms with E-state index in [2.05, 4.69) is 0 Å². The molecule has 0 unspecified atom stereocenters. The standard InChI is InChI=1S/C9H5Cl2NOS/c10-6-1-2-7(8(11)5-6)9(13)14-4-3-12/h1-2,5H,4H2. The second-order valence-corrected chi connectivity index (χ2v) is 4.15. The van der Waals surface area contributed by atoms with Gasteiger partial charge in [0, 0.05) is 10.6 Å². The van der Waals surface area contributed by atoms with Gasteiger partial charge < -0.3 is 0 Å². The molecule has 14 heavy (non-hydrogen) atoms. The molecule has 1 aromatic carbocycles. The molecular formula is C9H5Cl2NOS. The smallest absolute Gasteiger partial charge is 0.221 e. The van der Waals surface area contributed by atoms with Crippen LogP contribution in [0.4, 0.5) is 0 Å². The highest BCUT2D eigenvalue weighted by atomic mass is 35.5. The van der Waals surface area contributed by atoms with Crippen LogP contribution in [-0.2, 0) is 0 Å². The van der Waals surface area contributed by atoms with Gasteiger partial charge in [-0.25, -0.2) is 0 Å². The maximum Gasteiger partial charge on any atom is 0.221 e. The van der Waals surface area contributed by atoms with Gasteiger partial charge in [0.1, 0.15) is 0 Å². The Morgan fingerprint density at radius 1 is 1.50 bits per heavy atom. The predicted octanol–water partition coefficient (Wildman–Crippen LogP) is 3.39. The van der Waals surface area contributed by atoms with Crippen LogP contribution in [0.5, 0.6) is 0 Å². The fourth-order valence-corrected chi connectivity index (χ4v) is 1.91. The molecule has 0 fully saturated rings. The van der Waals surface area contributed by atoms with E-state index in [-0.39, 0.29) is 10.9 Å². The van der Waals surface area contributed by atoms with Crippen LogP contribution in [0.25, 0.3) is 0 Å². The highest BCUT2D eigenvalue weighted by molar-refractivity contribution is 8.14. The first kappa shape index (κ1) is 11.4. The minimum Gasteiger partial charge on any atom is -0.281 e. The third kappa shape index (κ3) is 2.91. The summed E-state index contributed by atoms with van der Waals surface area (Å²) in [6.45, 7) is 0. The van der Waals surface area contributed by atoms with Gasteiger partial charge in [0.05, 0.1) is 16.8 Å². The van der Waals surface area contributed by atoms with E-state index in [1.807, 2.05) is 6.07 Å². The normalized spacial score (nSPS) is 9.50.